The Morgan fingerprint density at radius 3 is 3.05 bits per heavy atom. The summed E-state index contributed by atoms with van der Waals surface area (Å²) in [4.78, 5) is 12.7. The van der Waals surface area contributed by atoms with Crippen molar-refractivity contribution in [2.24, 2.45) is 0 Å². The van der Waals surface area contributed by atoms with Crippen molar-refractivity contribution in [2.75, 3.05) is 18.5 Å². The molecule has 0 bridgehead atoms. The Morgan fingerprint density at radius 1 is 1.23 bits per heavy atom. The average Bonchev–Trinajstić information content (AvgIpc) is 2.55. The van der Waals surface area contributed by atoms with Crippen molar-refractivity contribution >= 4 is 28.2 Å². The Bertz CT molecular complexity index is 881. The summed E-state index contributed by atoms with van der Waals surface area (Å²) in [6, 6.07) is 6.03. The van der Waals surface area contributed by atoms with Crippen LogP contribution in [0.4, 0.5) is 5.69 Å². The maximum absolute atomic E-state index is 5.88. The number of nitrogens with zero attached hydrogens (tertiary/aromatic N) is 3. The Morgan fingerprint density at radius 2 is 2.14 bits per heavy atom. The van der Waals surface area contributed by atoms with Crippen molar-refractivity contribution < 1.29 is 4.74 Å². The van der Waals surface area contributed by atoms with Crippen LogP contribution in [0.1, 0.15) is 5.56 Å². The normalized spacial score (nSPS) is 13.4. The first-order chi connectivity index (χ1) is 10.7. The van der Waals surface area contributed by atoms with Crippen LogP contribution in [0.3, 0.4) is 0 Å². The fraction of sp³-hybridized carbons (Fsp3) is 0.188. The lowest BCUT2D eigenvalue weighted by molar-refractivity contribution is 0.310. The number of halogens is 1. The van der Waals surface area contributed by atoms with Gasteiger partial charge >= 0.3 is 0 Å². The number of rotatable bonds is 1. The highest BCUT2D eigenvalue weighted by molar-refractivity contribution is 6.28. The van der Waals surface area contributed by atoms with E-state index in [-0.39, 0.29) is 5.28 Å². The van der Waals surface area contributed by atoms with Gasteiger partial charge in [0.25, 0.3) is 0 Å². The van der Waals surface area contributed by atoms with Crippen LogP contribution in [0.15, 0.2) is 30.6 Å². The van der Waals surface area contributed by atoms with Crippen molar-refractivity contribution in [3.8, 4) is 17.0 Å². The summed E-state index contributed by atoms with van der Waals surface area (Å²) >= 11 is 5.88. The Kier molecular flexibility index (Phi) is 3.08. The third-order valence-electron chi connectivity index (χ3n) is 3.81. The molecular weight excluding hydrogens is 300 g/mol. The summed E-state index contributed by atoms with van der Waals surface area (Å²) in [5.74, 6) is 0.665. The lowest BCUT2D eigenvalue weighted by atomic mass is 10.00. The highest BCUT2D eigenvalue weighted by Crippen LogP contribution is 2.35. The predicted octanol–water partition coefficient (Wildman–Crippen LogP) is 3.46. The van der Waals surface area contributed by atoms with Gasteiger partial charge in [0.1, 0.15) is 12.3 Å². The van der Waals surface area contributed by atoms with Gasteiger partial charge in [0.15, 0.2) is 0 Å². The van der Waals surface area contributed by atoms with Crippen LogP contribution >= 0.6 is 11.6 Å². The van der Waals surface area contributed by atoms with E-state index in [1.807, 2.05) is 24.4 Å². The van der Waals surface area contributed by atoms with Crippen molar-refractivity contribution in [3.05, 3.63) is 41.4 Å². The number of hydrogen-bond acceptors (Lipinski definition) is 5. The van der Waals surface area contributed by atoms with Gasteiger partial charge < -0.3 is 10.1 Å². The van der Waals surface area contributed by atoms with Crippen LogP contribution in [0.5, 0.6) is 5.88 Å². The molecule has 1 N–H and O–H groups in total. The van der Waals surface area contributed by atoms with Gasteiger partial charge in [0.05, 0.1) is 5.52 Å². The molecule has 110 valence electrons. The summed E-state index contributed by atoms with van der Waals surface area (Å²) in [5, 5.41) is 4.56. The number of ether oxygens (including phenoxy) is 1. The maximum Gasteiger partial charge on any atom is 0.237 e. The first kappa shape index (κ1) is 13.3. The Balaban J connectivity index is 1.88. The molecule has 1 aliphatic rings. The van der Waals surface area contributed by atoms with Crippen molar-refractivity contribution in [2.45, 2.75) is 6.92 Å². The molecule has 3 aromatic rings. The largest absolute Gasteiger partial charge is 0.474 e. The molecule has 0 saturated carbocycles. The second-order valence-electron chi connectivity index (χ2n) is 5.16. The number of nitrogens with one attached hydrogen (secondary N) is 1. The van der Waals surface area contributed by atoms with E-state index >= 15 is 0 Å². The smallest absolute Gasteiger partial charge is 0.237 e. The molecule has 1 aromatic carbocycles. The predicted molar refractivity (Wildman–Crippen MR) is 86.5 cm³/mol. The first-order valence-electron chi connectivity index (χ1n) is 7.01. The highest BCUT2D eigenvalue weighted by Gasteiger charge is 2.17. The molecular formula is C16H13ClN4O. The zero-order chi connectivity index (χ0) is 15.1. The van der Waals surface area contributed by atoms with Gasteiger partial charge in [-0.1, -0.05) is 12.1 Å². The third-order valence-corrected chi connectivity index (χ3v) is 3.99. The molecule has 0 amide bonds. The number of aromatic nitrogens is 3. The molecule has 22 heavy (non-hydrogen) atoms. The highest BCUT2D eigenvalue weighted by atomic mass is 35.5. The van der Waals surface area contributed by atoms with Crippen LogP contribution in [0.2, 0.25) is 5.28 Å². The third kappa shape index (κ3) is 2.14. The standard InChI is InChI=1S/C16H13ClN4O/c1-9-12(8-19-15-14(9)18-4-5-22-15)10-2-3-11-7-20-16(17)21-13(11)6-10/h2-3,6-8,18H,4-5H2,1H3. The molecule has 6 heteroatoms. The molecule has 0 fully saturated rings. The molecule has 0 aliphatic carbocycles. The van der Waals surface area contributed by atoms with Crippen LogP contribution < -0.4 is 10.1 Å². The molecule has 2 aromatic heterocycles. The minimum atomic E-state index is 0.250. The molecule has 1 aliphatic heterocycles. The molecule has 4 rings (SSSR count). The van der Waals surface area contributed by atoms with E-state index in [0.717, 1.165) is 39.8 Å². The van der Waals surface area contributed by atoms with Crippen molar-refractivity contribution in [1.82, 2.24) is 15.0 Å². The van der Waals surface area contributed by atoms with E-state index in [9.17, 15) is 0 Å². The van der Waals surface area contributed by atoms with Crippen molar-refractivity contribution in [3.63, 3.8) is 0 Å². The number of hydrogen-bond donors (Lipinski definition) is 1. The van der Waals surface area contributed by atoms with Crippen LogP contribution in [0, 0.1) is 6.92 Å². The molecule has 0 unspecified atom stereocenters. The van der Waals surface area contributed by atoms with Gasteiger partial charge in [0, 0.05) is 29.9 Å². The van der Waals surface area contributed by atoms with E-state index in [1.54, 1.807) is 6.20 Å². The van der Waals surface area contributed by atoms with Crippen LogP contribution in [-0.2, 0) is 0 Å². The molecule has 0 spiro atoms. The van der Waals surface area contributed by atoms with Gasteiger partial charge in [-0.15, -0.1) is 0 Å². The van der Waals surface area contributed by atoms with E-state index < -0.39 is 0 Å². The molecule has 0 saturated heterocycles. The van der Waals surface area contributed by atoms with Crippen molar-refractivity contribution in [1.29, 1.82) is 0 Å². The summed E-state index contributed by atoms with van der Waals surface area (Å²) in [6.45, 7) is 3.50. The minimum Gasteiger partial charge on any atom is -0.474 e. The molecule has 0 radical (unpaired) electrons. The summed E-state index contributed by atoms with van der Waals surface area (Å²) in [6.07, 6.45) is 3.56. The van der Waals surface area contributed by atoms with Gasteiger partial charge in [-0.2, -0.15) is 0 Å². The average molecular weight is 313 g/mol. The van der Waals surface area contributed by atoms with E-state index in [1.165, 1.54) is 0 Å². The van der Waals surface area contributed by atoms with Gasteiger partial charge in [-0.3, -0.25) is 0 Å². The number of pyridine rings is 1. The fourth-order valence-corrected chi connectivity index (χ4v) is 2.82. The Hall–Kier alpha value is -2.40. The van der Waals surface area contributed by atoms with Gasteiger partial charge in [-0.25, -0.2) is 15.0 Å². The van der Waals surface area contributed by atoms with Crippen LogP contribution in [0.25, 0.3) is 22.0 Å². The van der Waals surface area contributed by atoms with Gasteiger partial charge in [0.2, 0.25) is 11.2 Å². The minimum absolute atomic E-state index is 0.250. The van der Waals surface area contributed by atoms with E-state index in [2.05, 4.69) is 27.2 Å². The van der Waals surface area contributed by atoms with E-state index in [4.69, 9.17) is 16.3 Å². The quantitative estimate of drug-likeness (QED) is 0.697. The second kappa shape index (κ2) is 5.10. The summed E-state index contributed by atoms with van der Waals surface area (Å²) in [7, 11) is 0. The zero-order valence-corrected chi connectivity index (χ0v) is 12.7. The van der Waals surface area contributed by atoms with Crippen LogP contribution in [-0.4, -0.2) is 28.1 Å². The number of benzene rings is 1. The zero-order valence-electron chi connectivity index (χ0n) is 11.9. The topological polar surface area (TPSA) is 59.9 Å². The van der Waals surface area contributed by atoms with E-state index in [0.29, 0.717) is 12.5 Å². The number of fused-ring (bicyclic) bond motifs is 2. The number of anilines is 1. The first-order valence-corrected chi connectivity index (χ1v) is 7.39. The summed E-state index contributed by atoms with van der Waals surface area (Å²) in [5.41, 5.74) is 4.99. The molecule has 5 nitrogen and oxygen atoms in total. The lowest BCUT2D eigenvalue weighted by Gasteiger charge is -2.21. The monoisotopic (exact) mass is 312 g/mol. The maximum atomic E-state index is 5.88. The SMILES string of the molecule is Cc1c(-c2ccc3cnc(Cl)nc3c2)cnc2c1NCCO2. The second-order valence-corrected chi connectivity index (χ2v) is 5.50. The Labute approximate surface area is 132 Å². The fourth-order valence-electron chi connectivity index (χ4n) is 2.68. The molecule has 3 heterocycles. The summed E-state index contributed by atoms with van der Waals surface area (Å²) < 4.78 is 5.57. The van der Waals surface area contributed by atoms with Gasteiger partial charge in [-0.05, 0) is 35.7 Å². The molecule has 0 atom stereocenters. The lowest BCUT2D eigenvalue weighted by Crippen LogP contribution is -2.20.